The van der Waals surface area contributed by atoms with Crippen molar-refractivity contribution in [1.82, 2.24) is 9.80 Å². The van der Waals surface area contributed by atoms with Crippen LogP contribution >= 0.6 is 0 Å². The van der Waals surface area contributed by atoms with Gasteiger partial charge in [-0.05, 0) is 38.9 Å². The monoisotopic (exact) mass is 358 g/mol. The minimum Gasteiger partial charge on any atom is -0.372 e. The van der Waals surface area contributed by atoms with Crippen LogP contribution in [0.5, 0.6) is 0 Å². The Hall–Kier alpha value is -1.69. The van der Waals surface area contributed by atoms with Crippen LogP contribution in [0.4, 0.5) is 0 Å². The number of likely N-dealkylation sites (tertiary alicyclic amines) is 1. The molecule has 26 heavy (non-hydrogen) atoms. The Morgan fingerprint density at radius 3 is 2.85 bits per heavy atom. The molecule has 2 heterocycles. The normalized spacial score (nSPS) is 26.3. The molecule has 0 aromatic heterocycles. The average Bonchev–Trinajstić information content (AvgIpc) is 3.10. The first-order chi connectivity index (χ1) is 12.6. The van der Waals surface area contributed by atoms with Gasteiger partial charge in [0.15, 0.2) is 0 Å². The second-order valence-electron chi connectivity index (χ2n) is 7.50. The number of nitrogens with zero attached hydrogens (tertiary/aromatic N) is 2. The number of piperidine rings is 1. The number of hydrogen-bond donors (Lipinski definition) is 0. The van der Waals surface area contributed by atoms with E-state index in [-0.39, 0.29) is 17.6 Å². The zero-order chi connectivity index (χ0) is 18.4. The van der Waals surface area contributed by atoms with Crippen LogP contribution in [-0.2, 0) is 20.9 Å². The fourth-order valence-corrected chi connectivity index (χ4v) is 3.76. The Labute approximate surface area is 156 Å². The van der Waals surface area contributed by atoms with Crippen molar-refractivity contribution in [3.8, 4) is 0 Å². The van der Waals surface area contributed by atoms with E-state index >= 15 is 0 Å². The third-order valence-electron chi connectivity index (χ3n) is 5.25. The van der Waals surface area contributed by atoms with E-state index in [1.807, 2.05) is 48.2 Å². The van der Waals surface area contributed by atoms with Crippen LogP contribution in [0.3, 0.4) is 0 Å². The molecule has 1 spiro atoms. The predicted octanol–water partition coefficient (Wildman–Crippen LogP) is 2.47. The van der Waals surface area contributed by atoms with Crippen molar-refractivity contribution in [1.29, 1.82) is 0 Å². The van der Waals surface area contributed by atoms with Gasteiger partial charge in [0.1, 0.15) is 6.10 Å². The van der Waals surface area contributed by atoms with E-state index < -0.39 is 0 Å². The van der Waals surface area contributed by atoms with Crippen LogP contribution in [0.1, 0.15) is 24.8 Å². The standard InChI is InChI=1S/C21H30N2O3/c1-22(2)13-6-10-20(24)23-14-12-21(11-7-15-26-21)19(16-23)25-17-18-8-4-3-5-9-18/h3-6,8-10,19H,7,11-17H2,1-2H3/b10-6+/t19-,21-/m0/s1. The predicted molar refractivity (Wildman–Crippen MR) is 102 cm³/mol. The lowest BCUT2D eigenvalue weighted by molar-refractivity contribution is -0.165. The molecule has 1 aromatic rings. The third-order valence-corrected chi connectivity index (χ3v) is 5.25. The summed E-state index contributed by atoms with van der Waals surface area (Å²) in [5, 5.41) is 0. The lowest BCUT2D eigenvalue weighted by Gasteiger charge is -2.44. The highest BCUT2D eigenvalue weighted by atomic mass is 16.6. The van der Waals surface area contributed by atoms with Gasteiger partial charge in [0.05, 0.1) is 12.2 Å². The minimum atomic E-state index is -0.223. The van der Waals surface area contributed by atoms with E-state index in [2.05, 4.69) is 12.1 Å². The Morgan fingerprint density at radius 2 is 2.15 bits per heavy atom. The van der Waals surface area contributed by atoms with E-state index in [1.165, 1.54) is 0 Å². The summed E-state index contributed by atoms with van der Waals surface area (Å²) >= 11 is 0. The maximum Gasteiger partial charge on any atom is 0.246 e. The molecule has 0 aliphatic carbocycles. The zero-order valence-corrected chi connectivity index (χ0v) is 15.9. The maximum absolute atomic E-state index is 12.5. The van der Waals surface area contributed by atoms with Crippen molar-refractivity contribution < 1.29 is 14.3 Å². The molecule has 3 rings (SSSR count). The summed E-state index contributed by atoms with van der Waals surface area (Å²) < 4.78 is 12.4. The summed E-state index contributed by atoms with van der Waals surface area (Å²) in [4.78, 5) is 16.5. The number of carbonyl (C=O) groups excluding carboxylic acids is 1. The second-order valence-corrected chi connectivity index (χ2v) is 7.50. The Balaban J connectivity index is 1.64. The molecule has 2 aliphatic rings. The average molecular weight is 358 g/mol. The van der Waals surface area contributed by atoms with Gasteiger partial charge in [-0.1, -0.05) is 36.4 Å². The molecule has 2 aliphatic heterocycles. The van der Waals surface area contributed by atoms with Gasteiger partial charge in [0.25, 0.3) is 0 Å². The van der Waals surface area contributed by atoms with Crippen molar-refractivity contribution in [3.05, 3.63) is 48.0 Å². The van der Waals surface area contributed by atoms with Gasteiger partial charge in [-0.3, -0.25) is 4.79 Å². The lowest BCUT2D eigenvalue weighted by atomic mass is 9.85. The van der Waals surface area contributed by atoms with Crippen LogP contribution in [0.2, 0.25) is 0 Å². The minimum absolute atomic E-state index is 0.0630. The molecule has 0 radical (unpaired) electrons. The SMILES string of the molecule is CN(C)C/C=C/C(=O)N1CC[C@@]2(CCCO2)[C@@H](OCc2ccccc2)C1. The molecule has 0 bridgehead atoms. The van der Waals surface area contributed by atoms with Gasteiger partial charge in [-0.25, -0.2) is 0 Å². The summed E-state index contributed by atoms with van der Waals surface area (Å²) in [6.45, 7) is 3.44. The lowest BCUT2D eigenvalue weighted by Crippen LogP contribution is -2.57. The maximum atomic E-state index is 12.5. The quantitative estimate of drug-likeness (QED) is 0.733. The number of rotatable bonds is 6. The topological polar surface area (TPSA) is 42.0 Å². The highest BCUT2D eigenvalue weighted by Gasteiger charge is 2.47. The molecule has 0 unspecified atom stereocenters. The van der Waals surface area contributed by atoms with E-state index in [0.717, 1.165) is 44.5 Å². The summed E-state index contributed by atoms with van der Waals surface area (Å²) in [5.41, 5.74) is 0.925. The summed E-state index contributed by atoms with van der Waals surface area (Å²) in [5.74, 6) is 0.0630. The van der Waals surface area contributed by atoms with Crippen LogP contribution in [0.15, 0.2) is 42.5 Å². The van der Waals surface area contributed by atoms with Crippen LogP contribution in [0.25, 0.3) is 0 Å². The summed E-state index contributed by atoms with van der Waals surface area (Å²) in [6, 6.07) is 10.2. The fraction of sp³-hybridized carbons (Fsp3) is 0.571. The fourth-order valence-electron chi connectivity index (χ4n) is 3.76. The highest BCUT2D eigenvalue weighted by Crippen LogP contribution is 2.38. The molecule has 5 nitrogen and oxygen atoms in total. The number of likely N-dealkylation sites (N-methyl/N-ethyl adjacent to an activating group) is 1. The largest absolute Gasteiger partial charge is 0.372 e. The molecule has 142 valence electrons. The number of benzene rings is 1. The van der Waals surface area contributed by atoms with Crippen molar-refractivity contribution in [2.45, 2.75) is 37.6 Å². The molecule has 0 saturated carbocycles. The smallest absolute Gasteiger partial charge is 0.246 e. The number of ether oxygens (including phenoxy) is 2. The Morgan fingerprint density at radius 1 is 1.35 bits per heavy atom. The van der Waals surface area contributed by atoms with Crippen molar-refractivity contribution >= 4 is 5.91 Å². The molecule has 2 saturated heterocycles. The molecule has 2 fully saturated rings. The van der Waals surface area contributed by atoms with Gasteiger partial charge in [-0.2, -0.15) is 0 Å². The number of hydrogen-bond acceptors (Lipinski definition) is 4. The highest BCUT2D eigenvalue weighted by molar-refractivity contribution is 5.87. The van der Waals surface area contributed by atoms with Gasteiger partial charge in [0, 0.05) is 32.3 Å². The van der Waals surface area contributed by atoms with Crippen molar-refractivity contribution in [3.63, 3.8) is 0 Å². The first-order valence-corrected chi connectivity index (χ1v) is 9.49. The van der Waals surface area contributed by atoms with Crippen molar-refractivity contribution in [2.24, 2.45) is 0 Å². The van der Waals surface area contributed by atoms with Crippen LogP contribution in [0, 0.1) is 0 Å². The van der Waals surface area contributed by atoms with Gasteiger partial charge >= 0.3 is 0 Å². The molecule has 2 atom stereocenters. The third kappa shape index (κ3) is 4.72. The van der Waals surface area contributed by atoms with Gasteiger partial charge in [0.2, 0.25) is 5.91 Å². The van der Waals surface area contributed by atoms with Gasteiger partial charge in [-0.15, -0.1) is 0 Å². The molecule has 5 heteroatoms. The van der Waals surface area contributed by atoms with E-state index in [0.29, 0.717) is 13.2 Å². The first-order valence-electron chi connectivity index (χ1n) is 9.49. The van der Waals surface area contributed by atoms with Crippen molar-refractivity contribution in [2.75, 3.05) is 40.3 Å². The molecular formula is C21H30N2O3. The molecule has 1 amide bonds. The molecule has 0 N–H and O–H groups in total. The summed E-state index contributed by atoms with van der Waals surface area (Å²) in [7, 11) is 3.98. The second kappa shape index (κ2) is 8.80. The van der Waals surface area contributed by atoms with E-state index in [1.54, 1.807) is 6.08 Å². The van der Waals surface area contributed by atoms with Crippen LogP contribution in [-0.4, -0.2) is 67.7 Å². The van der Waals surface area contributed by atoms with Crippen LogP contribution < -0.4 is 0 Å². The molecule has 1 aromatic carbocycles. The van der Waals surface area contributed by atoms with Gasteiger partial charge < -0.3 is 19.3 Å². The summed E-state index contributed by atoms with van der Waals surface area (Å²) in [6.07, 6.45) is 6.46. The molecular weight excluding hydrogens is 328 g/mol. The zero-order valence-electron chi connectivity index (χ0n) is 15.9. The first kappa shape index (κ1) is 19.1. The van der Waals surface area contributed by atoms with E-state index in [4.69, 9.17) is 9.47 Å². The Kier molecular flexibility index (Phi) is 6.46. The number of carbonyl (C=O) groups is 1. The van der Waals surface area contributed by atoms with E-state index in [9.17, 15) is 4.79 Å². The number of amides is 1. The Bertz CT molecular complexity index is 609.